The SMILES string of the molecule is O=[Si]([O-])OC1CC2OC3CC4CCCCC4CC3OC2C2OC3CC4CCCCC4CC3OC12.c1ccc([P+](c2ccccc2)(c2ccccc2)c2ccccc2)cc1. The Morgan fingerprint density at radius 1 is 0.441 bits per heavy atom. The summed E-state index contributed by atoms with van der Waals surface area (Å²) in [5, 5.41) is 5.55. The van der Waals surface area contributed by atoms with Crippen LogP contribution in [0.25, 0.3) is 0 Å². The molecule has 5 saturated carbocycles. The van der Waals surface area contributed by atoms with E-state index in [2.05, 4.69) is 121 Å². The normalized spacial score (nSPS) is 36.0. The van der Waals surface area contributed by atoms with E-state index in [4.69, 9.17) is 23.4 Å². The van der Waals surface area contributed by atoms with Crippen LogP contribution in [-0.2, 0) is 27.8 Å². The number of hydrogen-bond donors (Lipinski definition) is 0. The Morgan fingerprint density at radius 3 is 1.15 bits per heavy atom. The van der Waals surface area contributed by atoms with Crippen LogP contribution in [0.4, 0.5) is 0 Å². The van der Waals surface area contributed by atoms with Gasteiger partial charge in [0.2, 0.25) is 0 Å². The van der Waals surface area contributed by atoms with Gasteiger partial charge >= 0.3 is 9.17 Å². The molecule has 13 atom stereocenters. The molecule has 4 aromatic rings. The van der Waals surface area contributed by atoms with Gasteiger partial charge in [-0.15, -0.1) is 0 Å². The molecule has 0 aromatic heterocycles. The van der Waals surface area contributed by atoms with Gasteiger partial charge in [-0.1, -0.05) is 124 Å². The first kappa shape index (κ1) is 39.9. The molecule has 13 unspecified atom stereocenters. The maximum absolute atomic E-state index is 11.6. The van der Waals surface area contributed by atoms with Crippen molar-refractivity contribution in [1.82, 2.24) is 0 Å². The molecule has 0 amide bonds. The van der Waals surface area contributed by atoms with Crippen molar-refractivity contribution in [3.05, 3.63) is 121 Å². The summed E-state index contributed by atoms with van der Waals surface area (Å²) in [6.45, 7) is 0. The van der Waals surface area contributed by atoms with Gasteiger partial charge in [-0.2, -0.15) is 0 Å². The van der Waals surface area contributed by atoms with Crippen LogP contribution in [0.3, 0.4) is 0 Å². The molecule has 7 aliphatic rings. The van der Waals surface area contributed by atoms with Crippen LogP contribution < -0.4 is 26.0 Å². The molecule has 0 spiro atoms. The Hall–Kier alpha value is -3.23. The molecule has 7 fully saturated rings. The van der Waals surface area contributed by atoms with E-state index in [0.717, 1.165) is 43.4 Å². The van der Waals surface area contributed by atoms with Gasteiger partial charge in [-0.05, 0) is 104 Å². The van der Waals surface area contributed by atoms with Crippen LogP contribution in [-0.4, -0.2) is 64.1 Å². The first-order valence-electron chi connectivity index (χ1n) is 22.7. The van der Waals surface area contributed by atoms with E-state index in [1.54, 1.807) is 0 Å². The van der Waals surface area contributed by atoms with Crippen molar-refractivity contribution in [3.63, 3.8) is 0 Å². The van der Waals surface area contributed by atoms with Crippen LogP contribution in [0.5, 0.6) is 0 Å². The highest BCUT2D eigenvalue weighted by molar-refractivity contribution is 8.01. The van der Waals surface area contributed by atoms with Gasteiger partial charge in [0, 0.05) is 0 Å². The van der Waals surface area contributed by atoms with Gasteiger partial charge in [-0.25, -0.2) is 0 Å². The van der Waals surface area contributed by atoms with E-state index in [1.807, 2.05) is 0 Å². The van der Waals surface area contributed by atoms with E-state index < -0.39 is 28.6 Å². The zero-order valence-corrected chi connectivity index (χ0v) is 35.9. The second-order valence-corrected chi connectivity index (χ2v) is 22.5. The molecule has 0 bridgehead atoms. The molecule has 0 radical (unpaired) electrons. The van der Waals surface area contributed by atoms with Crippen molar-refractivity contribution in [1.29, 1.82) is 0 Å². The quantitative estimate of drug-likeness (QED) is 0.152. The molecule has 2 aliphatic heterocycles. The standard InChI is InChI=1S/C26H39O7Si.C24H20P/c27-34(28)33-23-13-22-24(30-19-10-15-6-2-1-5-14(15)9-18(19)29-22)26-25(23)31-20-11-16-7-3-4-8-17(16)12-21(20)32-26;1-5-13-21(14-6-1)25(22-15-7-2-8-16-22,23-17-9-3-10-18-23)24-19-11-4-12-20-24/h14-26H,1-13H2;1-20H/q-1;+1. The smallest absolute Gasteiger partial charge is 0.413 e. The van der Waals surface area contributed by atoms with E-state index in [9.17, 15) is 9.26 Å². The van der Waals surface area contributed by atoms with E-state index >= 15 is 0 Å². The summed E-state index contributed by atoms with van der Waals surface area (Å²) in [7, 11) is -5.24. The second kappa shape index (κ2) is 17.6. The third-order valence-corrected chi connectivity index (χ3v) is 19.9. The minimum atomic E-state index is -3.34. The summed E-state index contributed by atoms with van der Waals surface area (Å²) in [4.78, 5) is 11.6. The lowest BCUT2D eigenvalue weighted by Gasteiger charge is -2.59. The highest BCUT2D eigenvalue weighted by atomic mass is 31.2. The highest BCUT2D eigenvalue weighted by Gasteiger charge is 2.58. The van der Waals surface area contributed by atoms with E-state index in [-0.39, 0.29) is 42.7 Å². The first-order chi connectivity index (χ1) is 29.0. The fourth-order valence-electron chi connectivity index (χ4n) is 12.5. The Morgan fingerprint density at radius 2 is 0.780 bits per heavy atom. The third-order valence-electron chi connectivity index (χ3n) is 15.1. The van der Waals surface area contributed by atoms with Gasteiger partial charge in [0.1, 0.15) is 46.8 Å². The lowest BCUT2D eigenvalue weighted by Crippen LogP contribution is -2.70. The Balaban J connectivity index is 0.000000150. The molecule has 2 heterocycles. The monoisotopic (exact) mass is 830 g/mol. The number of hydrogen-bond acceptors (Lipinski definition) is 7. The summed E-state index contributed by atoms with van der Waals surface area (Å²) >= 11 is 0. The second-order valence-electron chi connectivity index (χ2n) is 18.3. The number of fused-ring (bicyclic) bond motifs is 7. The number of ether oxygens (including phenoxy) is 4. The van der Waals surface area contributed by atoms with Crippen molar-refractivity contribution in [2.24, 2.45) is 23.7 Å². The fourth-order valence-corrected chi connectivity index (χ4v) is 17.2. The van der Waals surface area contributed by atoms with Crippen LogP contribution in [0.1, 0.15) is 83.5 Å². The topological polar surface area (TPSA) is 86.3 Å². The van der Waals surface area contributed by atoms with Gasteiger partial charge in [0.05, 0.1) is 36.6 Å². The van der Waals surface area contributed by atoms with Crippen molar-refractivity contribution < 1.29 is 32.6 Å². The van der Waals surface area contributed by atoms with Crippen LogP contribution in [0.15, 0.2) is 121 Å². The highest BCUT2D eigenvalue weighted by Crippen LogP contribution is 2.54. The minimum Gasteiger partial charge on any atom is -0.582 e. The number of benzene rings is 4. The summed E-state index contributed by atoms with van der Waals surface area (Å²) in [5.74, 6) is 2.95. The van der Waals surface area contributed by atoms with Gasteiger partial charge in [0.25, 0.3) is 0 Å². The maximum atomic E-state index is 11.6. The zero-order chi connectivity index (χ0) is 39.8. The predicted octanol–water partition coefficient (Wildman–Crippen LogP) is 7.10. The fraction of sp³-hybridized carbons (Fsp3) is 0.520. The Bertz CT molecular complexity index is 1830. The van der Waals surface area contributed by atoms with Crippen LogP contribution in [0.2, 0.25) is 0 Å². The molecule has 9 heteroatoms. The van der Waals surface area contributed by atoms with E-state index in [1.165, 1.54) is 72.6 Å². The van der Waals surface area contributed by atoms with Gasteiger partial charge in [0.15, 0.2) is 0 Å². The Kier molecular flexibility index (Phi) is 11.9. The molecule has 7 nitrogen and oxygen atoms in total. The van der Waals surface area contributed by atoms with Crippen molar-refractivity contribution in [2.75, 3.05) is 0 Å². The average Bonchev–Trinajstić information content (AvgIpc) is 3.28. The largest absolute Gasteiger partial charge is 0.582 e. The third kappa shape index (κ3) is 7.92. The van der Waals surface area contributed by atoms with Crippen molar-refractivity contribution in [3.8, 4) is 0 Å². The molecular weight excluding hydrogens is 772 g/mol. The number of rotatable bonds is 6. The first-order valence-corrected chi connectivity index (χ1v) is 25.7. The lowest BCUT2D eigenvalue weighted by molar-refractivity contribution is -0.349. The molecule has 0 N–H and O–H groups in total. The van der Waals surface area contributed by atoms with E-state index in [0.29, 0.717) is 12.3 Å². The molecule has 5 aliphatic carbocycles. The molecule has 4 aromatic carbocycles. The molecule has 11 rings (SSSR count). The molecule has 59 heavy (non-hydrogen) atoms. The van der Waals surface area contributed by atoms with Crippen LogP contribution >= 0.6 is 7.26 Å². The van der Waals surface area contributed by atoms with Crippen LogP contribution in [0, 0.1) is 23.7 Å². The van der Waals surface area contributed by atoms with Gasteiger partial charge in [-0.3, -0.25) is 0 Å². The summed E-state index contributed by atoms with van der Waals surface area (Å²) in [6, 6.07) is 43.8. The summed E-state index contributed by atoms with van der Waals surface area (Å²) in [6.07, 6.45) is 13.9. The molecular formula is C50H59O7PSi. The maximum Gasteiger partial charge on any atom is 0.413 e. The Labute approximate surface area is 352 Å². The molecule has 2 saturated heterocycles. The van der Waals surface area contributed by atoms with Crippen molar-refractivity contribution >= 4 is 37.7 Å². The average molecular weight is 831 g/mol. The molecule has 310 valence electrons. The van der Waals surface area contributed by atoms with Crippen molar-refractivity contribution in [2.45, 2.75) is 138 Å². The summed E-state index contributed by atoms with van der Waals surface area (Å²) < 4.78 is 44.1. The lowest BCUT2D eigenvalue weighted by atomic mass is 9.68. The summed E-state index contributed by atoms with van der Waals surface area (Å²) in [5.41, 5.74) is 0. The predicted molar refractivity (Wildman–Crippen MR) is 231 cm³/mol. The zero-order valence-electron chi connectivity index (χ0n) is 34.0. The van der Waals surface area contributed by atoms with Gasteiger partial charge < -0.3 is 32.6 Å². The minimum absolute atomic E-state index is 0.0344.